The molecule has 0 aliphatic carbocycles. The normalized spacial score (nSPS) is 12.9. The van der Waals surface area contributed by atoms with E-state index in [2.05, 4.69) is 20.4 Å². The van der Waals surface area contributed by atoms with Crippen molar-refractivity contribution in [2.75, 3.05) is 5.32 Å². The molecule has 1 aromatic rings. The molecular weight excluding hydrogens is 311 g/mol. The highest BCUT2D eigenvalue weighted by atomic mass is 35.5. The topological polar surface area (TPSA) is 70.4 Å². The van der Waals surface area contributed by atoms with Gasteiger partial charge in [0.25, 0.3) is 0 Å². The third-order valence-electron chi connectivity index (χ3n) is 2.16. The van der Waals surface area contributed by atoms with Crippen LogP contribution in [0.2, 0.25) is 5.15 Å². The molecule has 0 aliphatic heterocycles. The number of alkyl halides is 5. The third-order valence-corrected chi connectivity index (χ3v) is 2.35. The first-order chi connectivity index (χ1) is 9.17. The summed E-state index contributed by atoms with van der Waals surface area (Å²) in [7, 11) is 0. The summed E-state index contributed by atoms with van der Waals surface area (Å²) in [6, 6.07) is 0. The molecule has 0 aliphatic rings. The first-order valence-corrected chi connectivity index (χ1v) is 5.43. The summed E-state index contributed by atoms with van der Waals surface area (Å²) in [5.74, 6) is -4.98. The highest BCUT2D eigenvalue weighted by Crippen LogP contribution is 2.39. The average molecular weight is 319 g/mol. The van der Waals surface area contributed by atoms with E-state index in [0.29, 0.717) is 0 Å². The lowest BCUT2D eigenvalue weighted by Crippen LogP contribution is -2.36. The molecule has 1 heterocycles. The van der Waals surface area contributed by atoms with Crippen molar-refractivity contribution in [3.05, 3.63) is 17.0 Å². The van der Waals surface area contributed by atoms with Gasteiger partial charge in [0.1, 0.15) is 11.5 Å². The number of anilines is 1. The van der Waals surface area contributed by atoms with Crippen molar-refractivity contribution < 1.29 is 27.2 Å². The summed E-state index contributed by atoms with van der Waals surface area (Å²) in [6.45, 7) is 0. The molecule has 0 saturated heterocycles. The molecule has 0 atom stereocenters. The number of rotatable bonds is 5. The minimum Gasteiger partial charge on any atom is -0.410 e. The molecule has 0 unspecified atom stereocenters. The number of aryl methyl sites for hydroxylation is 1. The van der Waals surface area contributed by atoms with E-state index >= 15 is 0 Å². The van der Waals surface area contributed by atoms with Gasteiger partial charge in [-0.3, -0.25) is 0 Å². The van der Waals surface area contributed by atoms with Crippen molar-refractivity contribution in [1.82, 2.24) is 9.97 Å². The summed E-state index contributed by atoms with van der Waals surface area (Å²) in [5.41, 5.74) is -0.207. The van der Waals surface area contributed by atoms with E-state index in [1.807, 2.05) is 0 Å². The number of aromatic nitrogens is 2. The van der Waals surface area contributed by atoms with Crippen molar-refractivity contribution in [3.63, 3.8) is 0 Å². The molecule has 1 aromatic heterocycles. The number of hydrogen-bond acceptors (Lipinski definition) is 4. The molecule has 112 valence electrons. The lowest BCUT2D eigenvalue weighted by molar-refractivity contribution is -0.284. The van der Waals surface area contributed by atoms with Gasteiger partial charge in [-0.2, -0.15) is 22.0 Å². The van der Waals surface area contributed by atoms with Crippen LogP contribution in [0.5, 0.6) is 0 Å². The number of nitrogens with one attached hydrogen (secondary N) is 1. The van der Waals surface area contributed by atoms with Crippen LogP contribution in [-0.2, 0) is 6.42 Å². The molecule has 0 bridgehead atoms. The van der Waals surface area contributed by atoms with Gasteiger partial charge < -0.3 is 10.5 Å². The average Bonchev–Trinajstić information content (AvgIpc) is 2.34. The van der Waals surface area contributed by atoms with Crippen LogP contribution in [0.25, 0.3) is 0 Å². The number of halogens is 6. The van der Waals surface area contributed by atoms with Crippen molar-refractivity contribution in [1.29, 1.82) is 0 Å². The minimum atomic E-state index is -5.64. The molecule has 2 N–H and O–H groups in total. The SMILES string of the molecule is O/N=C/Nc1ncc(Cl)nc1CCC(F)(F)C(F)(F)F. The molecule has 0 spiro atoms. The van der Waals surface area contributed by atoms with Crippen LogP contribution in [0.1, 0.15) is 12.1 Å². The molecule has 0 saturated carbocycles. The Hall–Kier alpha value is -1.71. The second-order valence-electron chi connectivity index (χ2n) is 3.58. The Morgan fingerprint density at radius 2 is 2.00 bits per heavy atom. The van der Waals surface area contributed by atoms with Crippen LogP contribution in [0.15, 0.2) is 11.4 Å². The largest absolute Gasteiger partial charge is 0.453 e. The quantitative estimate of drug-likeness (QED) is 0.288. The van der Waals surface area contributed by atoms with Gasteiger partial charge in [0.2, 0.25) is 0 Å². The van der Waals surface area contributed by atoms with Gasteiger partial charge in [-0.1, -0.05) is 16.8 Å². The maximum Gasteiger partial charge on any atom is 0.453 e. The lowest BCUT2D eigenvalue weighted by atomic mass is 10.1. The van der Waals surface area contributed by atoms with Gasteiger partial charge in [-0.15, -0.1) is 0 Å². The van der Waals surface area contributed by atoms with E-state index in [1.54, 1.807) is 0 Å². The van der Waals surface area contributed by atoms with Crippen LogP contribution in [0.3, 0.4) is 0 Å². The van der Waals surface area contributed by atoms with Gasteiger partial charge in [0, 0.05) is 6.42 Å². The second-order valence-corrected chi connectivity index (χ2v) is 3.97. The number of nitrogens with zero attached hydrogens (tertiary/aromatic N) is 3. The Kier molecular flexibility index (Phi) is 5.03. The van der Waals surface area contributed by atoms with Crippen molar-refractivity contribution in [2.24, 2.45) is 5.16 Å². The summed E-state index contributed by atoms with van der Waals surface area (Å²) in [4.78, 5) is 7.25. The molecular formula is C9H8ClF5N4O. The zero-order valence-corrected chi connectivity index (χ0v) is 10.4. The fourth-order valence-electron chi connectivity index (χ4n) is 1.21. The van der Waals surface area contributed by atoms with E-state index in [9.17, 15) is 22.0 Å². The molecule has 0 aromatic carbocycles. The highest BCUT2D eigenvalue weighted by molar-refractivity contribution is 6.29. The standard InChI is InChI=1S/C9H8ClF5N4O/c10-6-3-16-7(17-4-18-20)5(19-6)1-2-8(11,12)9(13,14)15/h3-4,20H,1-2H2,(H,16,17,18). The van der Waals surface area contributed by atoms with E-state index < -0.39 is 24.9 Å². The van der Waals surface area contributed by atoms with Gasteiger partial charge >= 0.3 is 12.1 Å². The van der Waals surface area contributed by atoms with E-state index in [1.165, 1.54) is 0 Å². The molecule has 0 amide bonds. The fourth-order valence-corrected chi connectivity index (χ4v) is 1.36. The maximum absolute atomic E-state index is 12.8. The predicted molar refractivity (Wildman–Crippen MR) is 60.3 cm³/mol. The van der Waals surface area contributed by atoms with Crippen LogP contribution in [0, 0.1) is 0 Å². The van der Waals surface area contributed by atoms with E-state index in [-0.39, 0.29) is 16.7 Å². The number of oxime groups is 1. The summed E-state index contributed by atoms with van der Waals surface area (Å²) in [5, 5.41) is 12.9. The monoisotopic (exact) mass is 318 g/mol. The first-order valence-electron chi connectivity index (χ1n) is 5.06. The lowest BCUT2D eigenvalue weighted by Gasteiger charge is -2.19. The molecule has 0 radical (unpaired) electrons. The van der Waals surface area contributed by atoms with Crippen LogP contribution in [0.4, 0.5) is 27.8 Å². The Balaban J connectivity index is 2.89. The zero-order valence-electron chi connectivity index (χ0n) is 9.63. The van der Waals surface area contributed by atoms with Crippen molar-refractivity contribution in [3.8, 4) is 0 Å². The Morgan fingerprint density at radius 1 is 1.35 bits per heavy atom. The van der Waals surface area contributed by atoms with Crippen molar-refractivity contribution in [2.45, 2.75) is 24.9 Å². The maximum atomic E-state index is 12.8. The molecule has 11 heteroatoms. The van der Waals surface area contributed by atoms with Crippen LogP contribution >= 0.6 is 11.6 Å². The van der Waals surface area contributed by atoms with Gasteiger partial charge in [0.15, 0.2) is 5.82 Å². The summed E-state index contributed by atoms with van der Waals surface area (Å²) >= 11 is 5.50. The fraction of sp³-hybridized carbons (Fsp3) is 0.444. The molecule has 20 heavy (non-hydrogen) atoms. The third kappa shape index (κ3) is 4.15. The summed E-state index contributed by atoms with van der Waals surface area (Å²) < 4.78 is 61.7. The van der Waals surface area contributed by atoms with Gasteiger partial charge in [-0.25, -0.2) is 9.97 Å². The zero-order chi connectivity index (χ0) is 15.4. The Labute approximate surface area is 114 Å². The van der Waals surface area contributed by atoms with Crippen LogP contribution < -0.4 is 5.32 Å². The van der Waals surface area contributed by atoms with E-state index in [0.717, 1.165) is 12.5 Å². The second kappa shape index (κ2) is 6.16. The molecule has 0 fully saturated rings. The van der Waals surface area contributed by atoms with Gasteiger partial charge in [-0.05, 0) is 6.42 Å². The van der Waals surface area contributed by atoms with Crippen LogP contribution in [-0.4, -0.2) is 33.6 Å². The smallest absolute Gasteiger partial charge is 0.410 e. The van der Waals surface area contributed by atoms with E-state index in [4.69, 9.17) is 16.8 Å². The highest BCUT2D eigenvalue weighted by Gasteiger charge is 2.56. The minimum absolute atomic E-state index is 0.134. The summed E-state index contributed by atoms with van der Waals surface area (Å²) in [6.07, 6.45) is -6.05. The Bertz CT molecular complexity index is 494. The van der Waals surface area contributed by atoms with Gasteiger partial charge in [0.05, 0.1) is 11.9 Å². The first kappa shape index (κ1) is 16.3. The number of hydrogen-bond donors (Lipinski definition) is 2. The predicted octanol–water partition coefficient (Wildman–Crippen LogP) is 3.09. The van der Waals surface area contributed by atoms with Crippen molar-refractivity contribution >= 4 is 23.8 Å². The molecule has 5 nitrogen and oxygen atoms in total. The Morgan fingerprint density at radius 3 is 2.55 bits per heavy atom. The molecule has 1 rings (SSSR count).